The summed E-state index contributed by atoms with van der Waals surface area (Å²) in [6.45, 7) is 0. The van der Waals surface area contributed by atoms with Gasteiger partial charge in [-0.05, 0) is 12.1 Å². The van der Waals surface area contributed by atoms with E-state index < -0.39 is 12.9 Å². The first-order chi connectivity index (χ1) is 6.49. The molecule has 9 heteroatoms. The summed E-state index contributed by atoms with van der Waals surface area (Å²) in [5.74, 6) is -0.0484. The minimum atomic E-state index is -4.92. The second kappa shape index (κ2) is 6.09. The predicted octanol–water partition coefficient (Wildman–Crippen LogP) is -2.25. The van der Waals surface area contributed by atoms with Gasteiger partial charge in [0.25, 0.3) is 0 Å². The molecule has 0 amide bonds. The first-order valence-electron chi connectivity index (χ1n) is 3.39. The van der Waals surface area contributed by atoms with Crippen LogP contribution in [0.2, 0.25) is 0 Å². The topological polar surface area (TPSA) is 102 Å². The molecule has 0 aliphatic rings. The van der Waals surface area contributed by atoms with Crippen molar-refractivity contribution in [2.45, 2.75) is 0 Å². The largest absolute Gasteiger partial charge is 1.00 e. The molecule has 15 heavy (non-hydrogen) atoms. The molecular weight excluding hydrogens is 236 g/mol. The first kappa shape index (κ1) is 14.4. The SMILES string of the molecule is O=[N+]([O-])OP(=O)([O-])Oc1ccccc1.[Na+]. The molecule has 0 bridgehead atoms. The fraction of sp³-hybridized carbons (Fsp3) is 0. The van der Waals surface area contributed by atoms with Crippen LogP contribution in [0.3, 0.4) is 0 Å². The van der Waals surface area contributed by atoms with Gasteiger partial charge in [-0.2, -0.15) is 0 Å². The smallest absolute Gasteiger partial charge is 0.748 e. The molecule has 76 valence electrons. The molecule has 0 saturated carbocycles. The van der Waals surface area contributed by atoms with Crippen molar-refractivity contribution in [3.63, 3.8) is 0 Å². The molecule has 7 nitrogen and oxygen atoms in total. The molecule has 0 aromatic heterocycles. The summed E-state index contributed by atoms with van der Waals surface area (Å²) in [5.41, 5.74) is 0. The Labute approximate surface area is 107 Å². The fourth-order valence-corrected chi connectivity index (χ4v) is 1.29. The van der Waals surface area contributed by atoms with Gasteiger partial charge in [-0.15, -0.1) is 10.1 Å². The van der Waals surface area contributed by atoms with Crippen LogP contribution >= 0.6 is 7.82 Å². The fourth-order valence-electron chi connectivity index (χ4n) is 0.709. The zero-order valence-corrected chi connectivity index (χ0v) is 10.6. The van der Waals surface area contributed by atoms with Gasteiger partial charge in [0, 0.05) is 0 Å². The van der Waals surface area contributed by atoms with Gasteiger partial charge in [-0.1, -0.05) is 18.2 Å². The molecule has 0 spiro atoms. The van der Waals surface area contributed by atoms with Gasteiger partial charge in [-0.3, -0.25) is 4.57 Å². The summed E-state index contributed by atoms with van der Waals surface area (Å²) in [7, 11) is -4.92. The third-order valence-electron chi connectivity index (χ3n) is 1.13. The number of para-hydroxylation sites is 1. The first-order valence-corrected chi connectivity index (χ1v) is 4.85. The van der Waals surface area contributed by atoms with Crippen LogP contribution in [0.15, 0.2) is 30.3 Å². The molecular formula is C6H5NNaO6P. The van der Waals surface area contributed by atoms with Crippen molar-refractivity contribution in [3.8, 4) is 5.75 Å². The van der Waals surface area contributed by atoms with Crippen LogP contribution < -0.4 is 39.0 Å². The molecule has 0 N–H and O–H groups in total. The van der Waals surface area contributed by atoms with E-state index in [4.69, 9.17) is 0 Å². The maximum atomic E-state index is 10.8. The molecule has 1 atom stereocenters. The summed E-state index contributed by atoms with van der Waals surface area (Å²) in [6.07, 6.45) is 0. The number of phosphoric acid groups is 1. The minimum Gasteiger partial charge on any atom is -0.748 e. The van der Waals surface area contributed by atoms with Crippen LogP contribution in [0.25, 0.3) is 0 Å². The molecule has 1 aromatic carbocycles. The molecule has 1 unspecified atom stereocenters. The minimum absolute atomic E-state index is 0. The van der Waals surface area contributed by atoms with E-state index in [1.165, 1.54) is 24.3 Å². The maximum absolute atomic E-state index is 10.8. The number of nitrogens with zero attached hydrogens (tertiary/aromatic N) is 1. The van der Waals surface area contributed by atoms with Gasteiger partial charge in [0.2, 0.25) is 0 Å². The molecule has 0 aliphatic heterocycles. The number of rotatable bonds is 4. The normalized spacial score (nSPS) is 13.1. The zero-order valence-electron chi connectivity index (χ0n) is 7.73. The summed E-state index contributed by atoms with van der Waals surface area (Å²) >= 11 is 0. The Kier molecular flexibility index (Phi) is 5.85. The van der Waals surface area contributed by atoms with E-state index in [2.05, 4.69) is 9.15 Å². The maximum Gasteiger partial charge on any atom is 1.00 e. The van der Waals surface area contributed by atoms with E-state index in [-0.39, 0.29) is 35.3 Å². The Balaban J connectivity index is 0.00000196. The van der Waals surface area contributed by atoms with E-state index in [0.29, 0.717) is 0 Å². The van der Waals surface area contributed by atoms with Gasteiger partial charge >= 0.3 is 42.5 Å². The number of benzene rings is 1. The van der Waals surface area contributed by atoms with Crippen LogP contribution in [-0.2, 0) is 9.19 Å². The molecule has 0 aliphatic carbocycles. The molecule has 0 heterocycles. The molecule has 0 saturated heterocycles. The molecule has 1 rings (SSSR count). The van der Waals surface area contributed by atoms with E-state index in [9.17, 15) is 19.6 Å². The van der Waals surface area contributed by atoms with Crippen LogP contribution in [0.1, 0.15) is 0 Å². The van der Waals surface area contributed by atoms with Crippen LogP contribution in [0, 0.1) is 10.1 Å². The average molecular weight is 241 g/mol. The van der Waals surface area contributed by atoms with E-state index in [1.807, 2.05) is 0 Å². The summed E-state index contributed by atoms with van der Waals surface area (Å²) in [5, 5.41) is 8.29. The van der Waals surface area contributed by atoms with Crippen molar-refractivity contribution >= 4 is 7.82 Å². The zero-order chi connectivity index (χ0) is 10.6. The predicted molar refractivity (Wildman–Crippen MR) is 42.8 cm³/mol. The second-order valence-corrected chi connectivity index (χ2v) is 3.40. The van der Waals surface area contributed by atoms with Gasteiger partial charge in [0.15, 0.2) is 0 Å². The van der Waals surface area contributed by atoms with Gasteiger partial charge in [0.05, 0.1) is 0 Å². The second-order valence-electron chi connectivity index (χ2n) is 2.16. The Bertz CT molecular complexity index is 371. The monoisotopic (exact) mass is 241 g/mol. The van der Waals surface area contributed by atoms with Crippen molar-refractivity contribution in [3.05, 3.63) is 40.4 Å². The third kappa shape index (κ3) is 5.76. The summed E-state index contributed by atoms with van der Waals surface area (Å²) in [4.78, 5) is 20.5. The van der Waals surface area contributed by atoms with E-state index in [0.717, 1.165) is 0 Å². The van der Waals surface area contributed by atoms with Gasteiger partial charge in [0.1, 0.15) is 5.75 Å². The Morgan fingerprint density at radius 2 is 1.80 bits per heavy atom. The van der Waals surface area contributed by atoms with Gasteiger partial charge in [-0.25, -0.2) is 4.62 Å². The molecule has 1 aromatic rings. The van der Waals surface area contributed by atoms with Crippen molar-refractivity contribution in [1.29, 1.82) is 0 Å². The van der Waals surface area contributed by atoms with Crippen molar-refractivity contribution < 1.29 is 53.3 Å². The van der Waals surface area contributed by atoms with Crippen molar-refractivity contribution in [2.24, 2.45) is 0 Å². The summed E-state index contributed by atoms with van der Waals surface area (Å²) in [6, 6.07) is 7.32. The molecule has 0 radical (unpaired) electrons. The summed E-state index contributed by atoms with van der Waals surface area (Å²) < 4.78 is 18.3. The number of hydrogen-bond donors (Lipinski definition) is 0. The Morgan fingerprint density at radius 1 is 1.27 bits per heavy atom. The number of phosphoric ester groups is 1. The quantitative estimate of drug-likeness (QED) is 0.255. The van der Waals surface area contributed by atoms with Crippen LogP contribution in [0.4, 0.5) is 0 Å². The number of hydrogen-bond acceptors (Lipinski definition) is 6. The average Bonchev–Trinajstić information content (AvgIpc) is 2.02. The third-order valence-corrected chi connectivity index (χ3v) is 1.89. The van der Waals surface area contributed by atoms with E-state index in [1.54, 1.807) is 6.07 Å². The van der Waals surface area contributed by atoms with Gasteiger partial charge < -0.3 is 9.42 Å². The Morgan fingerprint density at radius 3 is 2.27 bits per heavy atom. The van der Waals surface area contributed by atoms with Crippen molar-refractivity contribution in [2.75, 3.05) is 0 Å². The standard InChI is InChI=1S/C6H6NO6P.Na/c8-7(9)13-14(10,11)12-6-4-2-1-3-5-6;/h1-5H,(H,10,11);/q;+1/p-1. The van der Waals surface area contributed by atoms with E-state index >= 15 is 0 Å². The van der Waals surface area contributed by atoms with Crippen LogP contribution in [0.5, 0.6) is 5.75 Å². The molecule has 0 fully saturated rings. The van der Waals surface area contributed by atoms with Crippen molar-refractivity contribution in [1.82, 2.24) is 0 Å². The Hall–Kier alpha value is -0.590. The van der Waals surface area contributed by atoms with Crippen LogP contribution in [-0.4, -0.2) is 5.09 Å².